The standard InChI is InChI=1S/C16H27N2O8P/c1-5-24-27(22,25-6-2)8-7-11-12(19)13(23-4)15(26-11)18-9-10(3)14(20)17-16(18)21/h9,11-13,15,19H,5-8H2,1-4H3,(H,17,20,21)/t11-,12-,13-,15?/m1/s1. The van der Waals surface area contributed by atoms with Crippen molar-refractivity contribution in [2.75, 3.05) is 26.5 Å². The number of hydrogen-bond acceptors (Lipinski definition) is 8. The monoisotopic (exact) mass is 406 g/mol. The zero-order valence-corrected chi connectivity index (χ0v) is 16.8. The van der Waals surface area contributed by atoms with Gasteiger partial charge in [0.2, 0.25) is 0 Å². The highest BCUT2D eigenvalue weighted by atomic mass is 31.2. The van der Waals surface area contributed by atoms with Crippen molar-refractivity contribution < 1.29 is 28.2 Å². The third-order valence-electron chi connectivity index (χ3n) is 4.34. The van der Waals surface area contributed by atoms with Gasteiger partial charge in [0.05, 0.1) is 25.5 Å². The lowest BCUT2D eigenvalue weighted by Crippen LogP contribution is -2.39. The number of aromatic nitrogens is 2. The van der Waals surface area contributed by atoms with Gasteiger partial charge in [-0.2, -0.15) is 0 Å². The van der Waals surface area contributed by atoms with Crippen LogP contribution in [-0.2, 0) is 23.1 Å². The van der Waals surface area contributed by atoms with E-state index in [-0.39, 0.29) is 25.8 Å². The van der Waals surface area contributed by atoms with Crippen LogP contribution in [0.1, 0.15) is 32.1 Å². The van der Waals surface area contributed by atoms with Crippen LogP contribution in [0.4, 0.5) is 0 Å². The number of aromatic amines is 1. The van der Waals surface area contributed by atoms with Crippen molar-refractivity contribution in [1.82, 2.24) is 9.55 Å². The second-order valence-electron chi connectivity index (χ2n) is 6.19. The molecular weight excluding hydrogens is 379 g/mol. The molecule has 10 nitrogen and oxygen atoms in total. The molecule has 1 aromatic rings. The summed E-state index contributed by atoms with van der Waals surface area (Å²) < 4.78 is 35.4. The number of nitrogens with zero attached hydrogens (tertiary/aromatic N) is 1. The molecule has 0 aromatic carbocycles. The molecule has 1 fully saturated rings. The topological polar surface area (TPSA) is 129 Å². The molecule has 4 atom stereocenters. The lowest BCUT2D eigenvalue weighted by Gasteiger charge is -2.20. The van der Waals surface area contributed by atoms with E-state index in [0.29, 0.717) is 5.56 Å². The Hall–Kier alpha value is -1.29. The summed E-state index contributed by atoms with van der Waals surface area (Å²) in [5.41, 5.74) is -0.835. The molecule has 0 radical (unpaired) electrons. The van der Waals surface area contributed by atoms with Crippen molar-refractivity contribution in [3.8, 4) is 0 Å². The first-order chi connectivity index (χ1) is 12.8. The summed E-state index contributed by atoms with van der Waals surface area (Å²) >= 11 is 0. The maximum Gasteiger partial charge on any atom is 0.330 e. The van der Waals surface area contributed by atoms with E-state index in [1.54, 1.807) is 20.8 Å². The lowest BCUT2D eigenvalue weighted by molar-refractivity contribution is -0.0544. The first kappa shape index (κ1) is 22.0. The van der Waals surface area contributed by atoms with Gasteiger partial charge in [-0.05, 0) is 27.2 Å². The number of H-pyrrole nitrogens is 1. The Kier molecular flexibility index (Phi) is 7.55. The Morgan fingerprint density at radius 3 is 2.48 bits per heavy atom. The van der Waals surface area contributed by atoms with Crippen LogP contribution < -0.4 is 11.2 Å². The van der Waals surface area contributed by atoms with E-state index in [9.17, 15) is 19.3 Å². The van der Waals surface area contributed by atoms with Crippen LogP contribution in [0, 0.1) is 6.92 Å². The molecule has 154 valence electrons. The third-order valence-corrected chi connectivity index (χ3v) is 6.45. The van der Waals surface area contributed by atoms with Gasteiger partial charge in [0.15, 0.2) is 6.23 Å². The molecule has 0 spiro atoms. The van der Waals surface area contributed by atoms with E-state index < -0.39 is 43.4 Å². The van der Waals surface area contributed by atoms with Gasteiger partial charge < -0.3 is 23.6 Å². The largest absolute Gasteiger partial charge is 0.388 e. The van der Waals surface area contributed by atoms with Crippen molar-refractivity contribution in [3.05, 3.63) is 32.6 Å². The number of methoxy groups -OCH3 is 1. The van der Waals surface area contributed by atoms with Gasteiger partial charge in [-0.15, -0.1) is 0 Å². The van der Waals surface area contributed by atoms with Crippen LogP contribution in [0.2, 0.25) is 0 Å². The minimum atomic E-state index is -3.29. The van der Waals surface area contributed by atoms with Crippen molar-refractivity contribution in [2.45, 2.75) is 51.7 Å². The first-order valence-electron chi connectivity index (χ1n) is 8.82. The molecule has 2 N–H and O–H groups in total. The van der Waals surface area contributed by atoms with Crippen LogP contribution in [0.25, 0.3) is 0 Å². The summed E-state index contributed by atoms with van der Waals surface area (Å²) in [6, 6.07) is 0. The second-order valence-corrected chi connectivity index (χ2v) is 8.38. The van der Waals surface area contributed by atoms with Gasteiger partial charge in [-0.25, -0.2) is 4.79 Å². The van der Waals surface area contributed by atoms with E-state index in [2.05, 4.69) is 4.98 Å². The molecule has 1 aliphatic rings. The van der Waals surface area contributed by atoms with Crippen molar-refractivity contribution >= 4 is 7.60 Å². The fraction of sp³-hybridized carbons (Fsp3) is 0.750. The quantitative estimate of drug-likeness (QED) is 0.576. The average Bonchev–Trinajstić information content (AvgIpc) is 2.92. The average molecular weight is 406 g/mol. The van der Waals surface area contributed by atoms with Gasteiger partial charge in [-0.3, -0.25) is 18.9 Å². The molecule has 0 saturated carbocycles. The normalized spacial score (nSPS) is 25.8. The smallest absolute Gasteiger partial charge is 0.330 e. The zero-order chi connectivity index (χ0) is 20.2. The zero-order valence-electron chi connectivity index (χ0n) is 15.9. The summed E-state index contributed by atoms with van der Waals surface area (Å²) in [7, 11) is -1.90. The SMILES string of the molecule is CCOP(=O)(CC[C@H]1OC(n2cc(C)c(=O)[nH]c2=O)[C@H](OC)[C@@H]1O)OCC. The van der Waals surface area contributed by atoms with E-state index in [1.807, 2.05) is 0 Å². The predicted molar refractivity (Wildman–Crippen MR) is 97.1 cm³/mol. The summed E-state index contributed by atoms with van der Waals surface area (Å²) in [6.45, 7) is 5.46. The molecule has 11 heteroatoms. The minimum absolute atomic E-state index is 0.0547. The molecule has 1 aliphatic heterocycles. The number of aryl methyl sites for hydroxylation is 1. The van der Waals surface area contributed by atoms with Gasteiger partial charge >= 0.3 is 13.3 Å². The van der Waals surface area contributed by atoms with Crippen LogP contribution in [0.15, 0.2) is 15.8 Å². The molecule has 27 heavy (non-hydrogen) atoms. The Balaban J connectivity index is 2.20. The highest BCUT2D eigenvalue weighted by molar-refractivity contribution is 7.53. The summed E-state index contributed by atoms with van der Waals surface area (Å²) in [6.07, 6.45) is -1.97. The van der Waals surface area contributed by atoms with Crippen LogP contribution >= 0.6 is 7.60 Å². The van der Waals surface area contributed by atoms with Gasteiger partial charge in [0, 0.05) is 18.9 Å². The van der Waals surface area contributed by atoms with E-state index >= 15 is 0 Å². The number of rotatable bonds is 9. The maximum absolute atomic E-state index is 12.6. The second kappa shape index (κ2) is 9.27. The Morgan fingerprint density at radius 2 is 1.93 bits per heavy atom. The van der Waals surface area contributed by atoms with Crippen molar-refractivity contribution in [3.63, 3.8) is 0 Å². The molecule has 0 bridgehead atoms. The number of nitrogens with one attached hydrogen (secondary N) is 1. The van der Waals surface area contributed by atoms with E-state index in [0.717, 1.165) is 0 Å². The fourth-order valence-electron chi connectivity index (χ4n) is 3.06. The molecule has 1 unspecified atom stereocenters. The fourth-order valence-corrected chi connectivity index (χ4v) is 4.75. The highest BCUT2D eigenvalue weighted by Crippen LogP contribution is 2.49. The van der Waals surface area contributed by atoms with Crippen molar-refractivity contribution in [2.24, 2.45) is 0 Å². The molecule has 2 heterocycles. The van der Waals surface area contributed by atoms with E-state index in [4.69, 9.17) is 18.5 Å². The first-order valence-corrected chi connectivity index (χ1v) is 10.6. The number of ether oxygens (including phenoxy) is 2. The number of hydrogen-bond donors (Lipinski definition) is 2. The van der Waals surface area contributed by atoms with Crippen molar-refractivity contribution in [1.29, 1.82) is 0 Å². The molecule has 0 amide bonds. The van der Waals surface area contributed by atoms with Crippen LogP contribution in [-0.4, -0.2) is 59.5 Å². The molecule has 2 rings (SSSR count). The van der Waals surface area contributed by atoms with E-state index in [1.165, 1.54) is 17.9 Å². The Bertz CT molecular complexity index is 781. The summed E-state index contributed by atoms with van der Waals surface area (Å²) in [5.74, 6) is 0. The predicted octanol–water partition coefficient (Wildman–Crippen LogP) is 0.775. The van der Waals surface area contributed by atoms with Gasteiger partial charge in [-0.1, -0.05) is 0 Å². The Morgan fingerprint density at radius 1 is 1.30 bits per heavy atom. The number of aliphatic hydroxyl groups is 1. The molecular formula is C16H27N2O8P. The summed E-state index contributed by atoms with van der Waals surface area (Å²) in [4.78, 5) is 25.9. The Labute approximate surface area is 156 Å². The molecule has 0 aliphatic carbocycles. The summed E-state index contributed by atoms with van der Waals surface area (Å²) in [5, 5.41) is 10.5. The maximum atomic E-state index is 12.6. The third kappa shape index (κ3) is 4.96. The van der Waals surface area contributed by atoms with Crippen LogP contribution in [0.3, 0.4) is 0 Å². The minimum Gasteiger partial charge on any atom is -0.388 e. The molecule has 1 aromatic heterocycles. The number of aliphatic hydroxyl groups excluding tert-OH is 1. The van der Waals surface area contributed by atoms with Crippen LogP contribution in [0.5, 0.6) is 0 Å². The van der Waals surface area contributed by atoms with Gasteiger partial charge in [0.25, 0.3) is 5.56 Å². The molecule has 1 saturated heterocycles. The highest BCUT2D eigenvalue weighted by Gasteiger charge is 2.46. The van der Waals surface area contributed by atoms with Gasteiger partial charge in [0.1, 0.15) is 12.2 Å². The lowest BCUT2D eigenvalue weighted by atomic mass is 10.1.